The summed E-state index contributed by atoms with van der Waals surface area (Å²) in [7, 11) is 0. The number of allylic oxidation sites excluding steroid dienone is 4. The lowest BCUT2D eigenvalue weighted by molar-refractivity contribution is -0.159. The minimum Gasteiger partial charge on any atom is -0.457 e. The topological polar surface area (TPSA) is 80.7 Å². The van der Waals surface area contributed by atoms with E-state index in [0.29, 0.717) is 12.0 Å². The predicted molar refractivity (Wildman–Crippen MR) is 127 cm³/mol. The number of ketones is 2. The summed E-state index contributed by atoms with van der Waals surface area (Å²) in [6.07, 6.45) is 3.13. The number of ether oxygens (including phenoxy) is 1. The molecule has 4 aliphatic carbocycles. The average Bonchev–Trinajstić information content (AvgIpc) is 2.99. The molecular weight excluding hydrogens is 459 g/mol. The molecule has 0 amide bonds. The average molecular weight is 495 g/mol. The number of rotatable bonds is 3. The van der Waals surface area contributed by atoms with Gasteiger partial charge < -0.3 is 9.84 Å². The van der Waals surface area contributed by atoms with E-state index in [0.717, 1.165) is 0 Å². The van der Waals surface area contributed by atoms with Crippen molar-refractivity contribution in [2.45, 2.75) is 78.0 Å². The van der Waals surface area contributed by atoms with Gasteiger partial charge in [0.2, 0.25) is 0 Å². The maximum absolute atomic E-state index is 15.5. The smallest absolute Gasteiger partial charge is 0.311 e. The van der Waals surface area contributed by atoms with E-state index >= 15 is 4.39 Å². The van der Waals surface area contributed by atoms with E-state index in [1.54, 1.807) is 26.8 Å². The number of fused-ring (bicyclic) bond motifs is 5. The van der Waals surface area contributed by atoms with Crippen molar-refractivity contribution in [2.75, 3.05) is 6.61 Å². The first-order valence-electron chi connectivity index (χ1n) is 12.2. The fourth-order valence-corrected chi connectivity index (χ4v) is 8.19. The molecule has 1 N–H and O–H groups in total. The highest BCUT2D eigenvalue weighted by atomic mass is 35.5. The molecule has 188 valence electrons. The van der Waals surface area contributed by atoms with Crippen LogP contribution in [0.3, 0.4) is 0 Å². The van der Waals surface area contributed by atoms with Crippen LogP contribution in [-0.4, -0.2) is 46.4 Å². The number of esters is 1. The summed E-state index contributed by atoms with van der Waals surface area (Å²) < 4.78 is 20.9. The van der Waals surface area contributed by atoms with Crippen LogP contribution in [0.4, 0.5) is 4.39 Å². The van der Waals surface area contributed by atoms with Gasteiger partial charge in [-0.2, -0.15) is 0 Å². The Labute approximate surface area is 206 Å². The third-order valence-electron chi connectivity index (χ3n) is 9.27. The fraction of sp³-hybridized carbons (Fsp3) is 0.741. The third-order valence-corrected chi connectivity index (χ3v) is 10.2. The number of halogens is 2. The molecule has 0 aromatic heterocycles. The number of alkyl halides is 2. The molecular formula is C27H36ClFO5. The van der Waals surface area contributed by atoms with Gasteiger partial charge in [0.1, 0.15) is 12.8 Å². The number of hydrogen-bond acceptors (Lipinski definition) is 5. The van der Waals surface area contributed by atoms with Gasteiger partial charge in [-0.15, -0.1) is 11.6 Å². The van der Waals surface area contributed by atoms with Crippen LogP contribution in [-0.2, 0) is 19.1 Å². The normalized spacial score (nSPS) is 45.7. The molecule has 5 nitrogen and oxygen atoms in total. The van der Waals surface area contributed by atoms with Gasteiger partial charge in [-0.05, 0) is 80.9 Å². The molecule has 0 aromatic rings. The largest absolute Gasteiger partial charge is 0.457 e. The third kappa shape index (κ3) is 3.46. The van der Waals surface area contributed by atoms with E-state index in [4.69, 9.17) is 16.3 Å². The zero-order valence-corrected chi connectivity index (χ0v) is 21.6. The van der Waals surface area contributed by atoms with Crippen LogP contribution in [0.25, 0.3) is 0 Å². The number of Topliss-reactive ketones (excluding diaryl/α,β-unsaturated/α-hetero) is 1. The van der Waals surface area contributed by atoms with Crippen molar-refractivity contribution in [3.63, 3.8) is 0 Å². The zero-order valence-electron chi connectivity index (χ0n) is 20.9. The Balaban J connectivity index is 1.67. The van der Waals surface area contributed by atoms with Crippen molar-refractivity contribution < 1.29 is 28.6 Å². The molecule has 4 aliphatic rings. The Hall–Kier alpha value is -1.53. The van der Waals surface area contributed by atoms with Crippen LogP contribution >= 0.6 is 11.6 Å². The second-order valence-electron chi connectivity index (χ2n) is 12.4. The first-order chi connectivity index (χ1) is 15.6. The molecule has 3 fully saturated rings. The van der Waals surface area contributed by atoms with E-state index < -0.39 is 45.3 Å². The number of carbonyl (C=O) groups is 3. The van der Waals surface area contributed by atoms with Crippen molar-refractivity contribution in [3.05, 3.63) is 23.8 Å². The summed E-state index contributed by atoms with van der Waals surface area (Å²) in [6, 6.07) is 0. The minimum atomic E-state index is -1.34. The lowest BCUT2D eigenvalue weighted by Crippen LogP contribution is -2.67. The molecule has 0 aliphatic heterocycles. The molecule has 7 heteroatoms. The summed E-state index contributed by atoms with van der Waals surface area (Å²) in [5, 5.41) is 11.5. The van der Waals surface area contributed by atoms with Crippen molar-refractivity contribution >= 4 is 29.1 Å². The standard InChI is InChI=1S/C27H36ClFO5/c1-14-9-16-17-11-19(29)18-10-15(30)7-8-26(18,6)27(17,28)21(32)12-25(16,5)22(14)20(31)13-34-23(33)24(2,3)4/h7-8,10,14,16-17,19,21-22,32H,9,11-13H2,1-6H3/t14-,16-,17+,19+,21-,22+,25-,26+,27+/m1/s1. The number of aliphatic hydroxyl groups is 1. The lowest BCUT2D eigenvalue weighted by atomic mass is 9.46. The molecule has 34 heavy (non-hydrogen) atoms. The zero-order chi connectivity index (χ0) is 25.4. The highest BCUT2D eigenvalue weighted by Gasteiger charge is 2.71. The Bertz CT molecular complexity index is 982. The minimum absolute atomic E-state index is 0.0201. The monoisotopic (exact) mass is 494 g/mol. The van der Waals surface area contributed by atoms with E-state index in [-0.39, 0.29) is 48.8 Å². The van der Waals surface area contributed by atoms with Crippen molar-refractivity contribution in [1.82, 2.24) is 0 Å². The first-order valence-corrected chi connectivity index (χ1v) is 12.6. The van der Waals surface area contributed by atoms with Crippen LogP contribution in [0.5, 0.6) is 0 Å². The number of aliphatic hydroxyl groups excluding tert-OH is 1. The Morgan fingerprint density at radius 1 is 1.24 bits per heavy atom. The lowest BCUT2D eigenvalue weighted by Gasteiger charge is -2.63. The molecule has 0 unspecified atom stereocenters. The fourth-order valence-electron chi connectivity index (χ4n) is 7.70. The maximum Gasteiger partial charge on any atom is 0.311 e. The highest BCUT2D eigenvalue weighted by molar-refractivity contribution is 6.26. The van der Waals surface area contributed by atoms with Crippen LogP contribution < -0.4 is 0 Å². The SMILES string of the molecule is C[C@@H]1C[C@@H]2[C@@H]3C[C@H](F)C4=CC(=O)C=C[C@]4(C)[C@@]3(Cl)[C@H](O)C[C@@]2(C)[C@@H]1C(=O)COC(=O)C(C)(C)C. The second-order valence-corrected chi connectivity index (χ2v) is 13.1. The van der Waals surface area contributed by atoms with Gasteiger partial charge in [0.05, 0.1) is 16.4 Å². The van der Waals surface area contributed by atoms with E-state index in [2.05, 4.69) is 0 Å². The quantitative estimate of drug-likeness (QED) is 0.458. The highest BCUT2D eigenvalue weighted by Crippen LogP contribution is 2.70. The molecule has 0 radical (unpaired) electrons. The molecule has 9 atom stereocenters. The summed E-state index contributed by atoms with van der Waals surface area (Å²) >= 11 is 7.34. The molecule has 0 spiro atoms. The van der Waals surface area contributed by atoms with E-state index in [9.17, 15) is 19.5 Å². The van der Waals surface area contributed by atoms with Gasteiger partial charge in [-0.1, -0.05) is 26.8 Å². The van der Waals surface area contributed by atoms with Gasteiger partial charge >= 0.3 is 5.97 Å². The summed E-state index contributed by atoms with van der Waals surface area (Å²) in [5.74, 6) is -1.77. The van der Waals surface area contributed by atoms with Gasteiger partial charge in [0, 0.05) is 11.3 Å². The van der Waals surface area contributed by atoms with Gasteiger partial charge in [-0.25, -0.2) is 4.39 Å². The Morgan fingerprint density at radius 3 is 2.50 bits per heavy atom. The van der Waals surface area contributed by atoms with Crippen LogP contribution in [0, 0.1) is 39.9 Å². The second kappa shape index (κ2) is 7.99. The summed E-state index contributed by atoms with van der Waals surface area (Å²) in [5.41, 5.74) is -1.97. The van der Waals surface area contributed by atoms with Gasteiger partial charge in [0.15, 0.2) is 11.6 Å². The molecule has 4 rings (SSSR count). The number of carbonyl (C=O) groups excluding carboxylic acids is 3. The molecule has 0 saturated heterocycles. The van der Waals surface area contributed by atoms with Crippen molar-refractivity contribution in [2.24, 2.45) is 39.9 Å². The van der Waals surface area contributed by atoms with Crippen LogP contribution in [0.1, 0.15) is 60.8 Å². The van der Waals surface area contributed by atoms with E-state index in [1.807, 2.05) is 20.8 Å². The van der Waals surface area contributed by atoms with Crippen molar-refractivity contribution in [3.8, 4) is 0 Å². The molecule has 0 aromatic carbocycles. The molecule has 3 saturated carbocycles. The summed E-state index contributed by atoms with van der Waals surface area (Å²) in [6.45, 7) is 10.7. The Kier molecular flexibility index (Phi) is 6.01. The first kappa shape index (κ1) is 25.6. The van der Waals surface area contributed by atoms with Gasteiger partial charge in [-0.3, -0.25) is 14.4 Å². The van der Waals surface area contributed by atoms with Crippen molar-refractivity contribution in [1.29, 1.82) is 0 Å². The van der Waals surface area contributed by atoms with Crippen LogP contribution in [0.15, 0.2) is 23.8 Å². The maximum atomic E-state index is 15.5. The van der Waals surface area contributed by atoms with Gasteiger partial charge in [0.25, 0.3) is 0 Å². The molecule has 0 bridgehead atoms. The number of hydrogen-bond donors (Lipinski definition) is 1. The molecule has 0 heterocycles. The Morgan fingerprint density at radius 2 is 1.88 bits per heavy atom. The van der Waals surface area contributed by atoms with E-state index in [1.165, 1.54) is 12.2 Å². The van der Waals surface area contributed by atoms with Crippen LogP contribution in [0.2, 0.25) is 0 Å². The predicted octanol–water partition coefficient (Wildman–Crippen LogP) is 4.60. The summed E-state index contributed by atoms with van der Waals surface area (Å²) in [4.78, 5) is 36.4.